The van der Waals surface area contributed by atoms with Crippen molar-refractivity contribution in [3.05, 3.63) is 42.0 Å². The first-order valence-corrected chi connectivity index (χ1v) is 9.72. The van der Waals surface area contributed by atoms with Gasteiger partial charge in [-0.05, 0) is 11.1 Å². The van der Waals surface area contributed by atoms with E-state index < -0.39 is 87.5 Å². The molecule has 0 unspecified atom stereocenters. The van der Waals surface area contributed by atoms with Gasteiger partial charge in [-0.2, -0.15) is 52.7 Å². The van der Waals surface area contributed by atoms with Crippen molar-refractivity contribution in [3.63, 3.8) is 0 Å². The highest BCUT2D eigenvalue weighted by molar-refractivity contribution is 6.17. The second kappa shape index (κ2) is 8.75. The number of allylic oxidation sites excluding steroid dienone is 2. The van der Waals surface area contributed by atoms with Crippen molar-refractivity contribution in [1.82, 2.24) is 0 Å². The zero-order valence-electron chi connectivity index (χ0n) is 18.4. The highest BCUT2D eigenvalue weighted by Gasteiger charge is 3.03. The second-order valence-corrected chi connectivity index (χ2v) is 8.19. The van der Waals surface area contributed by atoms with Crippen LogP contribution in [0.5, 0.6) is 0 Å². The number of benzene rings is 1. The molecule has 0 aromatic heterocycles. The quantitative estimate of drug-likeness (QED) is 0.281. The van der Waals surface area contributed by atoms with Crippen LogP contribution in [-0.4, -0.2) is 69.0 Å². The van der Waals surface area contributed by atoms with E-state index in [0.29, 0.717) is 12.1 Å². The van der Waals surface area contributed by atoms with Crippen LogP contribution in [-0.2, 0) is 19.2 Å². The minimum atomic E-state index is -7.65. The van der Waals surface area contributed by atoms with Gasteiger partial charge in [0.25, 0.3) is 0 Å². The van der Waals surface area contributed by atoms with E-state index in [0.717, 1.165) is 6.07 Å². The average molecular weight is 606 g/mol. The molecule has 0 spiro atoms. The number of carbonyl (C=O) groups is 4. The molecule has 1 aromatic rings. The summed E-state index contributed by atoms with van der Waals surface area (Å²) in [5.41, 5.74) is -33.6. The van der Waals surface area contributed by atoms with Crippen molar-refractivity contribution in [2.45, 2.75) is 24.7 Å². The molecule has 1 aromatic carbocycles. The van der Waals surface area contributed by atoms with Gasteiger partial charge in [-0.3, -0.25) is 19.2 Å². The Kier molecular flexibility index (Phi) is 7.05. The Morgan fingerprint density at radius 2 is 0.850 bits per heavy atom. The molecular weight excluding hydrogens is 596 g/mol. The van der Waals surface area contributed by atoms with E-state index in [2.05, 4.69) is 0 Å². The molecule has 8 nitrogen and oxygen atoms in total. The van der Waals surface area contributed by atoms with Gasteiger partial charge in [-0.25, -0.2) is 0 Å². The number of hydrogen-bond donors (Lipinski definition) is 4. The summed E-state index contributed by atoms with van der Waals surface area (Å²) in [6.45, 7) is 0. The van der Waals surface area contributed by atoms with Crippen molar-refractivity contribution in [2.24, 2.45) is 21.7 Å². The van der Waals surface area contributed by atoms with Crippen LogP contribution in [0.2, 0.25) is 0 Å². The van der Waals surface area contributed by atoms with Crippen LogP contribution in [0.4, 0.5) is 52.7 Å². The summed E-state index contributed by atoms with van der Waals surface area (Å²) in [6.07, 6.45) is -32.6. The maximum Gasteiger partial charge on any atom is 0.409 e. The van der Waals surface area contributed by atoms with Gasteiger partial charge in [0.15, 0.2) is 0 Å². The Labute approximate surface area is 211 Å². The molecule has 0 heterocycles. The maximum atomic E-state index is 14.7. The van der Waals surface area contributed by atoms with Gasteiger partial charge in [-0.1, -0.05) is 36.4 Å². The number of halogens is 12. The average Bonchev–Trinajstić information content (AvgIpc) is 2.73. The zero-order valence-corrected chi connectivity index (χ0v) is 18.4. The van der Waals surface area contributed by atoms with Crippen molar-refractivity contribution in [2.75, 3.05) is 0 Å². The normalized spacial score (nSPS) is 20.2. The van der Waals surface area contributed by atoms with Gasteiger partial charge in [0.05, 0.1) is 0 Å². The second-order valence-electron chi connectivity index (χ2n) is 8.19. The summed E-state index contributed by atoms with van der Waals surface area (Å²) >= 11 is 0. The Hall–Kier alpha value is -4.00. The van der Waals surface area contributed by atoms with Crippen LogP contribution in [0, 0.1) is 21.7 Å². The molecule has 20 heteroatoms. The number of carboxylic acids is 4. The molecular formula is C20H10F12O8. The Bertz CT molecular complexity index is 1220. The number of rotatable bonds is 5. The van der Waals surface area contributed by atoms with Crippen molar-refractivity contribution in [1.29, 1.82) is 0 Å². The molecule has 0 amide bonds. The van der Waals surface area contributed by atoms with E-state index in [4.69, 9.17) is 0 Å². The topological polar surface area (TPSA) is 149 Å². The third-order valence-corrected chi connectivity index (χ3v) is 6.59. The van der Waals surface area contributed by atoms with E-state index in [-0.39, 0.29) is 12.1 Å². The maximum absolute atomic E-state index is 14.7. The molecule has 40 heavy (non-hydrogen) atoms. The first-order valence-electron chi connectivity index (χ1n) is 9.72. The lowest BCUT2D eigenvalue weighted by atomic mass is 9.36. The SMILES string of the molecule is O=C(O)C1(C(=O)O)C(C(=O)O)(C(=O)O)C(C(F)(F)F)(C(F)(F)F)C(c2ccccc2)=CC1(C(F)(F)F)C(F)(F)F. The lowest BCUT2D eigenvalue weighted by Gasteiger charge is -2.60. The molecule has 0 saturated carbocycles. The highest BCUT2D eigenvalue weighted by atomic mass is 19.4. The summed E-state index contributed by atoms with van der Waals surface area (Å²) in [4.78, 5) is 48.9. The summed E-state index contributed by atoms with van der Waals surface area (Å²) in [6, 6.07) is 1.64. The van der Waals surface area contributed by atoms with E-state index in [9.17, 15) is 92.3 Å². The van der Waals surface area contributed by atoms with Gasteiger partial charge < -0.3 is 20.4 Å². The van der Waals surface area contributed by atoms with Crippen LogP contribution < -0.4 is 0 Å². The highest BCUT2D eigenvalue weighted by Crippen LogP contribution is 2.81. The zero-order chi connectivity index (χ0) is 31.7. The molecule has 0 saturated heterocycles. The third-order valence-electron chi connectivity index (χ3n) is 6.59. The number of alkyl halides is 12. The van der Waals surface area contributed by atoms with E-state index >= 15 is 0 Å². The smallest absolute Gasteiger partial charge is 0.409 e. The van der Waals surface area contributed by atoms with E-state index in [1.165, 1.54) is 0 Å². The van der Waals surface area contributed by atoms with Crippen molar-refractivity contribution >= 4 is 29.5 Å². The lowest BCUT2D eigenvalue weighted by Crippen LogP contribution is -2.84. The summed E-state index contributed by atoms with van der Waals surface area (Å²) < 4.78 is 175. The molecule has 0 radical (unpaired) electrons. The van der Waals surface area contributed by atoms with Gasteiger partial charge in [0.2, 0.25) is 21.7 Å². The minimum absolute atomic E-state index is 0.00142. The lowest BCUT2D eigenvalue weighted by molar-refractivity contribution is -0.402. The van der Waals surface area contributed by atoms with Gasteiger partial charge in [-0.15, -0.1) is 0 Å². The van der Waals surface area contributed by atoms with E-state index in [1.54, 1.807) is 0 Å². The minimum Gasteiger partial charge on any atom is -0.480 e. The standard InChI is InChI=1S/C20H10F12O8/c21-17(22,23)13(18(24,25)26)6-8(7-4-2-1-3-5-7)16(19(27,28)29,20(30,31)32)15(11(37)38,12(39)40)14(13,9(33)34)10(35)36/h1-6H,(H,33,34)(H,35,36)(H,37,38)(H,39,40). The molecule has 1 aliphatic carbocycles. The summed E-state index contributed by atoms with van der Waals surface area (Å²) in [7, 11) is 0. The number of aliphatic carboxylic acids is 4. The fourth-order valence-corrected chi connectivity index (χ4v) is 5.25. The summed E-state index contributed by atoms with van der Waals surface area (Å²) in [5, 5.41) is 38.2. The predicted octanol–water partition coefficient (Wildman–Crippen LogP) is 4.62. The van der Waals surface area contributed by atoms with Crippen LogP contribution in [0.1, 0.15) is 5.56 Å². The molecule has 2 rings (SSSR count). The Morgan fingerprint density at radius 3 is 1.10 bits per heavy atom. The molecule has 0 fully saturated rings. The first kappa shape index (κ1) is 32.2. The first-order chi connectivity index (χ1) is 17.7. The van der Waals surface area contributed by atoms with Gasteiger partial charge in [0, 0.05) is 0 Å². The molecule has 0 bridgehead atoms. The molecule has 1 aliphatic rings. The van der Waals surface area contributed by atoms with Crippen LogP contribution in [0.3, 0.4) is 0 Å². The van der Waals surface area contributed by atoms with Crippen LogP contribution in [0.15, 0.2) is 36.4 Å². The molecule has 0 aliphatic heterocycles. The summed E-state index contributed by atoms with van der Waals surface area (Å²) in [5.74, 6) is -17.8. The van der Waals surface area contributed by atoms with Gasteiger partial charge in [0.1, 0.15) is 0 Å². The number of carboxylic acid groups (broad SMARTS) is 4. The van der Waals surface area contributed by atoms with Crippen molar-refractivity contribution in [3.8, 4) is 0 Å². The molecule has 222 valence electrons. The Morgan fingerprint density at radius 1 is 0.525 bits per heavy atom. The molecule has 4 N–H and O–H groups in total. The van der Waals surface area contributed by atoms with Crippen molar-refractivity contribution < 1.29 is 92.3 Å². The van der Waals surface area contributed by atoms with Crippen LogP contribution in [0.25, 0.3) is 5.57 Å². The molecule has 0 atom stereocenters. The fourth-order valence-electron chi connectivity index (χ4n) is 5.25. The van der Waals surface area contributed by atoms with E-state index in [1.807, 2.05) is 0 Å². The monoisotopic (exact) mass is 606 g/mol. The predicted molar refractivity (Wildman–Crippen MR) is 98.9 cm³/mol. The Balaban J connectivity index is 3.90. The number of hydrogen-bond acceptors (Lipinski definition) is 4. The van der Waals surface area contributed by atoms with Gasteiger partial charge >= 0.3 is 48.6 Å². The third kappa shape index (κ3) is 3.30. The fraction of sp³-hybridized carbons (Fsp3) is 0.400. The van der Waals surface area contributed by atoms with Crippen LogP contribution >= 0.6 is 0 Å². The largest absolute Gasteiger partial charge is 0.480 e.